The summed E-state index contributed by atoms with van der Waals surface area (Å²) >= 11 is 9.17. The Morgan fingerprint density at radius 3 is 2.89 bits per heavy atom. The molecular weight excluding hydrogens is 332 g/mol. The summed E-state index contributed by atoms with van der Waals surface area (Å²) in [4.78, 5) is 16.0. The SMILES string of the molecule is Cc1ccc(C(C)NC(=O)c2cc(Br)cnc2Cl)o1. The molecule has 1 N–H and O–H groups in total. The number of carbonyl (C=O) groups is 1. The molecule has 2 rings (SSSR count). The highest BCUT2D eigenvalue weighted by atomic mass is 79.9. The van der Waals surface area contributed by atoms with Gasteiger partial charge in [0.15, 0.2) is 0 Å². The first kappa shape index (κ1) is 14.1. The summed E-state index contributed by atoms with van der Waals surface area (Å²) in [5.74, 6) is 1.21. The van der Waals surface area contributed by atoms with E-state index in [1.807, 2.05) is 26.0 Å². The van der Waals surface area contributed by atoms with Crippen LogP contribution in [0.2, 0.25) is 5.15 Å². The van der Waals surface area contributed by atoms with Gasteiger partial charge in [0.05, 0.1) is 11.6 Å². The molecule has 2 aromatic heterocycles. The second-order valence-electron chi connectivity index (χ2n) is 4.14. The van der Waals surface area contributed by atoms with Crippen molar-refractivity contribution in [3.8, 4) is 0 Å². The Bertz CT molecular complexity index is 612. The van der Waals surface area contributed by atoms with E-state index in [0.29, 0.717) is 15.8 Å². The van der Waals surface area contributed by atoms with Crippen LogP contribution in [-0.2, 0) is 0 Å². The van der Waals surface area contributed by atoms with E-state index in [2.05, 4.69) is 26.2 Å². The highest BCUT2D eigenvalue weighted by Crippen LogP contribution is 2.20. The van der Waals surface area contributed by atoms with Gasteiger partial charge < -0.3 is 9.73 Å². The second-order valence-corrected chi connectivity index (χ2v) is 5.41. The summed E-state index contributed by atoms with van der Waals surface area (Å²) < 4.78 is 6.16. The third-order valence-electron chi connectivity index (χ3n) is 2.59. The average molecular weight is 344 g/mol. The van der Waals surface area contributed by atoms with Crippen molar-refractivity contribution in [1.29, 1.82) is 0 Å². The van der Waals surface area contributed by atoms with Crippen LogP contribution >= 0.6 is 27.5 Å². The van der Waals surface area contributed by atoms with Gasteiger partial charge in [0.25, 0.3) is 5.91 Å². The standard InChI is InChI=1S/C13H12BrClN2O2/c1-7-3-4-11(19-7)8(2)17-13(18)10-5-9(14)6-16-12(10)15/h3-6,8H,1-2H3,(H,17,18). The number of carbonyl (C=O) groups excluding carboxylic acids is 1. The fraction of sp³-hybridized carbons (Fsp3) is 0.231. The van der Waals surface area contributed by atoms with Crippen LogP contribution in [0.5, 0.6) is 0 Å². The van der Waals surface area contributed by atoms with Crippen molar-refractivity contribution in [1.82, 2.24) is 10.3 Å². The summed E-state index contributed by atoms with van der Waals surface area (Å²) in [6, 6.07) is 5.08. The minimum Gasteiger partial charge on any atom is -0.464 e. The predicted molar refractivity (Wildman–Crippen MR) is 76.3 cm³/mol. The Morgan fingerprint density at radius 1 is 1.53 bits per heavy atom. The molecule has 0 aliphatic heterocycles. The second kappa shape index (κ2) is 5.75. The van der Waals surface area contributed by atoms with E-state index in [1.165, 1.54) is 0 Å². The zero-order valence-corrected chi connectivity index (χ0v) is 12.7. The fourth-order valence-corrected chi connectivity index (χ4v) is 2.13. The average Bonchev–Trinajstić information content (AvgIpc) is 2.79. The van der Waals surface area contributed by atoms with Gasteiger partial charge in [-0.15, -0.1) is 0 Å². The van der Waals surface area contributed by atoms with Gasteiger partial charge in [-0.05, 0) is 48.0 Å². The van der Waals surface area contributed by atoms with E-state index in [1.54, 1.807) is 12.3 Å². The molecule has 0 bridgehead atoms. The molecule has 2 aromatic rings. The monoisotopic (exact) mass is 342 g/mol. The molecule has 0 saturated carbocycles. The molecule has 4 nitrogen and oxygen atoms in total. The first-order chi connectivity index (χ1) is 8.97. The number of amides is 1. The van der Waals surface area contributed by atoms with Crippen molar-refractivity contribution in [3.05, 3.63) is 51.1 Å². The third-order valence-corrected chi connectivity index (χ3v) is 3.32. The van der Waals surface area contributed by atoms with Crippen molar-refractivity contribution in [3.63, 3.8) is 0 Å². The van der Waals surface area contributed by atoms with Crippen LogP contribution in [0.25, 0.3) is 0 Å². The predicted octanol–water partition coefficient (Wildman–Crippen LogP) is 3.89. The molecule has 0 saturated heterocycles. The smallest absolute Gasteiger partial charge is 0.255 e. The van der Waals surface area contributed by atoms with Crippen molar-refractivity contribution >= 4 is 33.4 Å². The molecule has 100 valence electrons. The summed E-state index contributed by atoms with van der Waals surface area (Å²) in [5.41, 5.74) is 0.325. The van der Waals surface area contributed by atoms with Crippen molar-refractivity contribution in [2.45, 2.75) is 19.9 Å². The zero-order chi connectivity index (χ0) is 14.0. The molecule has 6 heteroatoms. The first-order valence-electron chi connectivity index (χ1n) is 5.65. The molecule has 0 radical (unpaired) electrons. The molecule has 0 aromatic carbocycles. The number of rotatable bonds is 3. The number of hydrogen-bond acceptors (Lipinski definition) is 3. The molecule has 0 spiro atoms. The highest BCUT2D eigenvalue weighted by molar-refractivity contribution is 9.10. The Morgan fingerprint density at radius 2 is 2.26 bits per heavy atom. The van der Waals surface area contributed by atoms with Crippen LogP contribution in [0, 0.1) is 6.92 Å². The summed E-state index contributed by atoms with van der Waals surface area (Å²) in [7, 11) is 0. The van der Waals surface area contributed by atoms with E-state index in [-0.39, 0.29) is 17.1 Å². The largest absolute Gasteiger partial charge is 0.464 e. The van der Waals surface area contributed by atoms with Gasteiger partial charge in [0.2, 0.25) is 0 Å². The van der Waals surface area contributed by atoms with Crippen LogP contribution < -0.4 is 5.32 Å². The van der Waals surface area contributed by atoms with Crippen LogP contribution in [0.3, 0.4) is 0 Å². The van der Waals surface area contributed by atoms with Crippen LogP contribution in [0.15, 0.2) is 33.3 Å². The molecule has 1 atom stereocenters. The molecule has 1 amide bonds. The number of nitrogens with zero attached hydrogens (tertiary/aromatic N) is 1. The molecular formula is C13H12BrClN2O2. The Balaban J connectivity index is 2.15. The molecule has 0 fully saturated rings. The van der Waals surface area contributed by atoms with E-state index in [0.717, 1.165) is 5.76 Å². The number of hydrogen-bond donors (Lipinski definition) is 1. The Hall–Kier alpha value is -1.33. The van der Waals surface area contributed by atoms with Gasteiger partial charge in [0, 0.05) is 10.7 Å². The molecule has 0 aliphatic carbocycles. The van der Waals surface area contributed by atoms with E-state index < -0.39 is 0 Å². The zero-order valence-electron chi connectivity index (χ0n) is 10.4. The molecule has 1 unspecified atom stereocenters. The van der Waals surface area contributed by atoms with Gasteiger partial charge in [-0.2, -0.15) is 0 Å². The lowest BCUT2D eigenvalue weighted by Gasteiger charge is -2.12. The van der Waals surface area contributed by atoms with E-state index in [4.69, 9.17) is 16.0 Å². The van der Waals surface area contributed by atoms with E-state index in [9.17, 15) is 4.79 Å². The van der Waals surface area contributed by atoms with Gasteiger partial charge >= 0.3 is 0 Å². The van der Waals surface area contributed by atoms with Crippen molar-refractivity contribution in [2.24, 2.45) is 0 Å². The van der Waals surface area contributed by atoms with Gasteiger partial charge in [-0.3, -0.25) is 4.79 Å². The number of furan rings is 1. The normalized spacial score (nSPS) is 12.2. The Kier molecular flexibility index (Phi) is 4.27. The number of pyridine rings is 1. The minimum absolute atomic E-state index is 0.170. The van der Waals surface area contributed by atoms with Crippen LogP contribution in [0.4, 0.5) is 0 Å². The quantitative estimate of drug-likeness (QED) is 0.860. The maximum atomic E-state index is 12.1. The number of aryl methyl sites for hydroxylation is 1. The number of nitrogens with one attached hydrogen (secondary N) is 1. The number of aromatic nitrogens is 1. The van der Waals surface area contributed by atoms with E-state index >= 15 is 0 Å². The van der Waals surface area contributed by atoms with Crippen molar-refractivity contribution < 1.29 is 9.21 Å². The maximum Gasteiger partial charge on any atom is 0.255 e. The molecule has 0 aliphatic rings. The fourth-order valence-electron chi connectivity index (χ4n) is 1.61. The van der Waals surface area contributed by atoms with Crippen molar-refractivity contribution in [2.75, 3.05) is 0 Å². The lowest BCUT2D eigenvalue weighted by Crippen LogP contribution is -2.26. The first-order valence-corrected chi connectivity index (χ1v) is 6.82. The highest BCUT2D eigenvalue weighted by Gasteiger charge is 2.17. The number of halogens is 2. The maximum absolute atomic E-state index is 12.1. The molecule has 19 heavy (non-hydrogen) atoms. The lowest BCUT2D eigenvalue weighted by molar-refractivity contribution is 0.0935. The third kappa shape index (κ3) is 3.36. The minimum atomic E-state index is -0.291. The molecule has 2 heterocycles. The lowest BCUT2D eigenvalue weighted by atomic mass is 10.2. The Labute approximate surface area is 124 Å². The van der Waals surface area contributed by atoms with Gasteiger partial charge in [0.1, 0.15) is 16.7 Å². The van der Waals surface area contributed by atoms with Gasteiger partial charge in [-0.25, -0.2) is 4.98 Å². The summed E-state index contributed by atoms with van der Waals surface area (Å²) in [6.45, 7) is 3.70. The van der Waals surface area contributed by atoms with Gasteiger partial charge in [-0.1, -0.05) is 11.6 Å². The van der Waals surface area contributed by atoms with Crippen LogP contribution in [-0.4, -0.2) is 10.9 Å². The summed E-state index contributed by atoms with van der Waals surface area (Å²) in [6.07, 6.45) is 1.54. The summed E-state index contributed by atoms with van der Waals surface area (Å²) in [5, 5.41) is 2.99. The topological polar surface area (TPSA) is 55.1 Å². The van der Waals surface area contributed by atoms with Crippen LogP contribution in [0.1, 0.15) is 34.8 Å².